The van der Waals surface area contributed by atoms with Crippen LogP contribution in [0.4, 0.5) is 23.3 Å². The molecule has 7 nitrogen and oxygen atoms in total. The summed E-state index contributed by atoms with van der Waals surface area (Å²) in [6.45, 7) is 8.88. The van der Waals surface area contributed by atoms with Crippen LogP contribution in [-0.4, -0.2) is 60.9 Å². The number of thiocarbonyl (C=S) groups is 1. The molecule has 2 saturated heterocycles. The van der Waals surface area contributed by atoms with Crippen LogP contribution >= 0.6 is 23.8 Å². The molecule has 3 aromatic rings. The summed E-state index contributed by atoms with van der Waals surface area (Å²) in [5, 5.41) is 8.28. The monoisotopic (exact) mass is 617 g/mol. The van der Waals surface area contributed by atoms with Crippen LogP contribution in [0.2, 0.25) is 5.02 Å². The second-order valence-electron chi connectivity index (χ2n) is 12.6. The number of benzene rings is 2. The SMILES string of the molecule is CC1CCCN(c2cc(N3CCN(c4ccccc4)CC3)nc(NC(=S)NCC3(c4ccc(Cl)cc4)CCCCC3)n2)C1. The zero-order valence-electron chi connectivity index (χ0n) is 25.3. The number of anilines is 4. The molecule has 1 atom stereocenters. The van der Waals surface area contributed by atoms with Gasteiger partial charge in [0.25, 0.3) is 0 Å². The van der Waals surface area contributed by atoms with Crippen molar-refractivity contribution in [1.29, 1.82) is 0 Å². The van der Waals surface area contributed by atoms with Gasteiger partial charge < -0.3 is 25.3 Å². The van der Waals surface area contributed by atoms with E-state index >= 15 is 0 Å². The van der Waals surface area contributed by atoms with Crippen molar-refractivity contribution in [3.63, 3.8) is 0 Å². The molecule has 1 unspecified atom stereocenters. The number of nitrogens with zero attached hydrogens (tertiary/aromatic N) is 5. The molecule has 9 heteroatoms. The molecule has 6 rings (SSSR count). The van der Waals surface area contributed by atoms with E-state index in [0.29, 0.717) is 17.0 Å². The maximum Gasteiger partial charge on any atom is 0.232 e. The van der Waals surface area contributed by atoms with Gasteiger partial charge in [-0.25, -0.2) is 0 Å². The molecular formula is C34H44ClN7S. The number of rotatable bonds is 7. The fourth-order valence-corrected chi connectivity index (χ4v) is 7.32. The highest BCUT2D eigenvalue weighted by Gasteiger charge is 2.34. The van der Waals surface area contributed by atoms with Crippen molar-refractivity contribution in [2.45, 2.75) is 57.3 Å². The molecule has 0 amide bonds. The summed E-state index contributed by atoms with van der Waals surface area (Å²) >= 11 is 12.1. The molecular weight excluding hydrogens is 574 g/mol. The van der Waals surface area contributed by atoms with Crippen LogP contribution in [-0.2, 0) is 5.41 Å². The van der Waals surface area contributed by atoms with Gasteiger partial charge in [-0.05, 0) is 73.6 Å². The number of aromatic nitrogens is 2. The topological polar surface area (TPSA) is 59.6 Å². The highest BCUT2D eigenvalue weighted by atomic mass is 35.5. The standard InChI is InChI=1S/C34H44ClN7S/c1-26-9-8-18-42(24-26)31-23-30(41-21-19-40(20-22-41)29-10-4-2-5-11-29)37-32(38-31)39-33(43)36-25-34(16-6-3-7-17-34)27-12-14-28(35)15-13-27/h2,4-5,10-15,23,26H,3,6-9,16-22,24-25H2,1H3,(H2,36,37,38,39,43). The van der Waals surface area contributed by atoms with Crippen molar-refractivity contribution < 1.29 is 0 Å². The van der Waals surface area contributed by atoms with Gasteiger partial charge >= 0.3 is 0 Å². The van der Waals surface area contributed by atoms with Crippen LogP contribution in [0.25, 0.3) is 0 Å². The van der Waals surface area contributed by atoms with E-state index in [0.717, 1.165) is 75.3 Å². The number of halogens is 1. The van der Waals surface area contributed by atoms with Crippen molar-refractivity contribution >= 4 is 52.2 Å². The van der Waals surface area contributed by atoms with E-state index in [1.165, 1.54) is 43.4 Å². The van der Waals surface area contributed by atoms with Gasteiger partial charge in [0.15, 0.2) is 5.11 Å². The molecule has 1 aliphatic carbocycles. The summed E-state index contributed by atoms with van der Waals surface area (Å²) in [7, 11) is 0. The first kappa shape index (κ1) is 29.9. The Labute approximate surface area is 267 Å². The molecule has 228 valence electrons. The van der Waals surface area contributed by atoms with Crippen molar-refractivity contribution in [3.05, 3.63) is 71.2 Å². The summed E-state index contributed by atoms with van der Waals surface area (Å²) in [5.74, 6) is 3.17. The Morgan fingerprint density at radius 2 is 1.53 bits per heavy atom. The average molecular weight is 618 g/mol. The molecule has 43 heavy (non-hydrogen) atoms. The number of para-hydroxylation sites is 1. The van der Waals surface area contributed by atoms with Gasteiger partial charge in [0.1, 0.15) is 11.6 Å². The molecule has 0 bridgehead atoms. The van der Waals surface area contributed by atoms with Crippen LogP contribution in [0, 0.1) is 5.92 Å². The third kappa shape index (κ3) is 7.35. The Hall–Kier alpha value is -3.10. The van der Waals surface area contributed by atoms with Gasteiger partial charge in [0, 0.05) is 68.0 Å². The Kier molecular flexibility index (Phi) is 9.53. The Morgan fingerprint density at radius 3 is 2.23 bits per heavy atom. The second-order valence-corrected chi connectivity index (χ2v) is 13.4. The molecule has 0 spiro atoms. The lowest BCUT2D eigenvalue weighted by Gasteiger charge is -2.38. The van der Waals surface area contributed by atoms with Gasteiger partial charge in [-0.1, -0.05) is 68.1 Å². The van der Waals surface area contributed by atoms with Crippen LogP contribution in [0.15, 0.2) is 60.7 Å². The molecule has 0 radical (unpaired) electrons. The van der Waals surface area contributed by atoms with Gasteiger partial charge in [0.2, 0.25) is 5.95 Å². The minimum absolute atomic E-state index is 0.0464. The second kappa shape index (κ2) is 13.7. The van der Waals surface area contributed by atoms with Crippen molar-refractivity contribution in [3.8, 4) is 0 Å². The van der Waals surface area contributed by atoms with Crippen molar-refractivity contribution in [2.24, 2.45) is 5.92 Å². The van der Waals surface area contributed by atoms with Gasteiger partial charge in [-0.15, -0.1) is 0 Å². The smallest absolute Gasteiger partial charge is 0.232 e. The first-order valence-electron chi connectivity index (χ1n) is 16.0. The maximum atomic E-state index is 6.23. The predicted molar refractivity (Wildman–Crippen MR) is 184 cm³/mol. The summed E-state index contributed by atoms with van der Waals surface area (Å²) < 4.78 is 0. The zero-order chi connectivity index (χ0) is 29.6. The Balaban J connectivity index is 1.17. The van der Waals surface area contributed by atoms with Gasteiger partial charge in [0.05, 0.1) is 0 Å². The molecule has 3 fully saturated rings. The average Bonchev–Trinajstić information content (AvgIpc) is 3.05. The van der Waals surface area contributed by atoms with Crippen molar-refractivity contribution in [1.82, 2.24) is 15.3 Å². The molecule has 1 saturated carbocycles. The lowest BCUT2D eigenvalue weighted by Crippen LogP contribution is -2.47. The fourth-order valence-electron chi connectivity index (χ4n) is 7.03. The quantitative estimate of drug-likeness (QED) is 0.278. The van der Waals surface area contributed by atoms with Crippen molar-refractivity contribution in [2.75, 3.05) is 65.8 Å². The lowest BCUT2D eigenvalue weighted by molar-refractivity contribution is 0.292. The number of hydrogen-bond donors (Lipinski definition) is 2. The van der Waals surface area contributed by atoms with Crippen LogP contribution in [0.5, 0.6) is 0 Å². The highest BCUT2D eigenvalue weighted by Crippen LogP contribution is 2.39. The van der Waals surface area contributed by atoms with Gasteiger partial charge in [-0.2, -0.15) is 9.97 Å². The predicted octanol–water partition coefficient (Wildman–Crippen LogP) is 6.88. The van der Waals surface area contributed by atoms with E-state index in [1.807, 2.05) is 12.1 Å². The minimum Gasteiger partial charge on any atom is -0.368 e. The van der Waals surface area contributed by atoms with E-state index in [-0.39, 0.29) is 5.41 Å². The Morgan fingerprint density at radius 1 is 0.860 bits per heavy atom. The van der Waals surface area contributed by atoms with Gasteiger partial charge in [-0.3, -0.25) is 0 Å². The zero-order valence-corrected chi connectivity index (χ0v) is 26.8. The maximum absolute atomic E-state index is 6.23. The molecule has 3 heterocycles. The molecule has 2 aromatic carbocycles. The van der Waals surface area contributed by atoms with Crippen LogP contribution in [0.3, 0.4) is 0 Å². The van der Waals surface area contributed by atoms with Crippen LogP contribution in [0.1, 0.15) is 57.4 Å². The van der Waals surface area contributed by atoms with Crippen LogP contribution < -0.4 is 25.3 Å². The van der Waals surface area contributed by atoms with E-state index < -0.39 is 0 Å². The normalized spacial score (nSPS) is 20.5. The first-order valence-corrected chi connectivity index (χ1v) is 16.8. The van der Waals surface area contributed by atoms with E-state index in [9.17, 15) is 0 Å². The summed E-state index contributed by atoms with van der Waals surface area (Å²) in [6, 6.07) is 21.2. The number of piperazine rings is 1. The Bertz CT molecular complexity index is 1350. The lowest BCUT2D eigenvalue weighted by atomic mass is 9.69. The first-order chi connectivity index (χ1) is 21.0. The summed E-state index contributed by atoms with van der Waals surface area (Å²) in [6.07, 6.45) is 8.48. The minimum atomic E-state index is 0.0464. The molecule has 1 aromatic heterocycles. The largest absolute Gasteiger partial charge is 0.368 e. The fraction of sp³-hybridized carbons (Fsp3) is 0.500. The van der Waals surface area contributed by atoms with E-state index in [1.54, 1.807) is 0 Å². The molecule has 2 aliphatic heterocycles. The number of hydrogen-bond acceptors (Lipinski definition) is 6. The van der Waals surface area contributed by atoms with E-state index in [4.69, 9.17) is 33.8 Å². The third-order valence-electron chi connectivity index (χ3n) is 9.49. The molecule has 3 aliphatic rings. The highest BCUT2D eigenvalue weighted by molar-refractivity contribution is 7.80. The molecule has 2 N–H and O–H groups in total. The summed E-state index contributed by atoms with van der Waals surface area (Å²) in [5.41, 5.74) is 2.66. The van der Waals surface area contributed by atoms with E-state index in [2.05, 4.69) is 80.8 Å². The third-order valence-corrected chi connectivity index (χ3v) is 9.98. The summed E-state index contributed by atoms with van der Waals surface area (Å²) in [4.78, 5) is 17.2. The number of nitrogens with one attached hydrogen (secondary N) is 2. The number of piperidine rings is 1.